The summed E-state index contributed by atoms with van der Waals surface area (Å²) >= 11 is 0. The number of ether oxygens (including phenoxy) is 1. The quantitative estimate of drug-likeness (QED) is 0.630. The zero-order chi connectivity index (χ0) is 18.2. The predicted molar refractivity (Wildman–Crippen MR) is 88.8 cm³/mol. The molecule has 2 amide bonds. The number of allylic oxidation sites excluding steroid dienone is 1. The van der Waals surface area contributed by atoms with Crippen molar-refractivity contribution in [2.24, 2.45) is 0 Å². The monoisotopic (exact) mass is 348 g/mol. The van der Waals surface area contributed by atoms with Gasteiger partial charge in [-0.05, 0) is 30.5 Å². The van der Waals surface area contributed by atoms with Gasteiger partial charge < -0.3 is 15.4 Å². The van der Waals surface area contributed by atoms with Crippen LogP contribution in [0.25, 0.3) is 0 Å². The predicted octanol–water partition coefficient (Wildman–Crippen LogP) is 1.77. The standard InChI is InChI=1S/C18H21FN2O4/c1-12(22)20-15-5-3-2-4-6-17(23)21-16(11-25-18(15)24)13-7-9-14(19)10-8-13/h2-3,7-10,15-16H,4-6,11H2,1H3,(H,20,22)(H,21,23)/b3-2-/t15-,16+/m1/s1. The number of nitrogens with one attached hydrogen (secondary N) is 2. The maximum absolute atomic E-state index is 13.1. The molecule has 2 atom stereocenters. The summed E-state index contributed by atoms with van der Waals surface area (Å²) in [7, 11) is 0. The zero-order valence-electron chi connectivity index (χ0n) is 14.0. The second kappa shape index (κ2) is 8.96. The summed E-state index contributed by atoms with van der Waals surface area (Å²) in [5, 5.41) is 5.34. The number of amides is 2. The van der Waals surface area contributed by atoms with Crippen molar-refractivity contribution in [2.45, 2.75) is 38.3 Å². The second-order valence-corrected chi connectivity index (χ2v) is 5.80. The number of halogens is 1. The smallest absolute Gasteiger partial charge is 0.329 e. The summed E-state index contributed by atoms with van der Waals surface area (Å²) in [5.74, 6) is -1.49. The zero-order valence-corrected chi connectivity index (χ0v) is 14.0. The third-order valence-electron chi connectivity index (χ3n) is 3.74. The molecule has 1 aliphatic heterocycles. The summed E-state index contributed by atoms with van der Waals surface area (Å²) in [6, 6.07) is 4.26. The van der Waals surface area contributed by atoms with Gasteiger partial charge in [0.05, 0.1) is 6.04 Å². The van der Waals surface area contributed by atoms with E-state index in [4.69, 9.17) is 4.74 Å². The Kier molecular flexibility index (Phi) is 6.68. The number of hydrogen-bond acceptors (Lipinski definition) is 4. The first-order chi connectivity index (χ1) is 12.0. The highest BCUT2D eigenvalue weighted by atomic mass is 19.1. The Morgan fingerprint density at radius 3 is 2.64 bits per heavy atom. The Balaban J connectivity index is 2.17. The number of esters is 1. The Morgan fingerprint density at radius 2 is 1.96 bits per heavy atom. The average Bonchev–Trinajstić information content (AvgIpc) is 2.56. The lowest BCUT2D eigenvalue weighted by molar-refractivity contribution is -0.148. The minimum atomic E-state index is -0.780. The molecule has 0 fully saturated rings. The van der Waals surface area contributed by atoms with Gasteiger partial charge in [-0.2, -0.15) is 0 Å². The summed E-state index contributed by atoms with van der Waals surface area (Å²) < 4.78 is 18.4. The molecule has 0 saturated carbocycles. The third kappa shape index (κ3) is 6.02. The number of hydrogen-bond donors (Lipinski definition) is 2. The van der Waals surface area contributed by atoms with Gasteiger partial charge in [-0.1, -0.05) is 24.3 Å². The first kappa shape index (κ1) is 18.6. The summed E-state index contributed by atoms with van der Waals surface area (Å²) in [5.41, 5.74) is 0.631. The largest absolute Gasteiger partial charge is 0.462 e. The van der Waals surface area contributed by atoms with Gasteiger partial charge in [-0.25, -0.2) is 9.18 Å². The molecule has 2 rings (SSSR count). The van der Waals surface area contributed by atoms with Crippen molar-refractivity contribution in [3.63, 3.8) is 0 Å². The topological polar surface area (TPSA) is 84.5 Å². The van der Waals surface area contributed by atoms with Crippen molar-refractivity contribution in [1.82, 2.24) is 10.6 Å². The normalized spacial score (nSPS) is 23.4. The van der Waals surface area contributed by atoms with E-state index >= 15 is 0 Å². The van der Waals surface area contributed by atoms with Gasteiger partial charge in [0.1, 0.15) is 18.5 Å². The number of benzene rings is 1. The van der Waals surface area contributed by atoms with Crippen molar-refractivity contribution in [2.75, 3.05) is 6.61 Å². The van der Waals surface area contributed by atoms with Gasteiger partial charge in [0.25, 0.3) is 0 Å². The number of carbonyl (C=O) groups excluding carboxylic acids is 3. The van der Waals surface area contributed by atoms with Crippen LogP contribution in [0.1, 0.15) is 37.8 Å². The lowest BCUT2D eigenvalue weighted by Gasteiger charge is -2.22. The molecule has 1 aliphatic rings. The lowest BCUT2D eigenvalue weighted by atomic mass is 10.1. The molecule has 0 bridgehead atoms. The van der Waals surface area contributed by atoms with E-state index in [1.807, 2.05) is 0 Å². The Morgan fingerprint density at radius 1 is 1.24 bits per heavy atom. The Bertz CT molecular complexity index is 658. The molecular formula is C18H21FN2O4. The maximum atomic E-state index is 13.1. The van der Waals surface area contributed by atoms with Crippen LogP contribution in [0, 0.1) is 5.82 Å². The van der Waals surface area contributed by atoms with Crippen LogP contribution in [-0.4, -0.2) is 30.4 Å². The second-order valence-electron chi connectivity index (χ2n) is 5.80. The van der Waals surface area contributed by atoms with E-state index in [-0.39, 0.29) is 24.8 Å². The lowest BCUT2D eigenvalue weighted by Crippen LogP contribution is -2.42. The first-order valence-electron chi connectivity index (χ1n) is 8.09. The Labute approximate surface area is 145 Å². The van der Waals surface area contributed by atoms with Crippen LogP contribution in [0.4, 0.5) is 4.39 Å². The summed E-state index contributed by atoms with van der Waals surface area (Å²) in [4.78, 5) is 35.5. The summed E-state index contributed by atoms with van der Waals surface area (Å²) in [6.07, 6.45) is 4.63. The highest BCUT2D eigenvalue weighted by Crippen LogP contribution is 2.16. The van der Waals surface area contributed by atoms with E-state index in [0.717, 1.165) is 0 Å². The molecule has 1 heterocycles. The molecule has 0 spiro atoms. The first-order valence-corrected chi connectivity index (χ1v) is 8.09. The van der Waals surface area contributed by atoms with E-state index in [1.165, 1.54) is 31.2 Å². The minimum absolute atomic E-state index is 0.101. The van der Waals surface area contributed by atoms with Crippen molar-refractivity contribution in [3.8, 4) is 0 Å². The molecule has 0 aromatic heterocycles. The van der Waals surface area contributed by atoms with E-state index in [1.54, 1.807) is 12.2 Å². The molecular weight excluding hydrogens is 327 g/mol. The summed E-state index contributed by atoms with van der Waals surface area (Å²) in [6.45, 7) is 1.23. The van der Waals surface area contributed by atoms with Gasteiger partial charge in [0.2, 0.25) is 11.8 Å². The van der Waals surface area contributed by atoms with Crippen LogP contribution < -0.4 is 10.6 Å². The molecule has 0 unspecified atom stereocenters. The van der Waals surface area contributed by atoms with Crippen LogP contribution in [0.15, 0.2) is 36.4 Å². The van der Waals surface area contributed by atoms with Gasteiger partial charge in [0.15, 0.2) is 0 Å². The Hall–Kier alpha value is -2.70. The van der Waals surface area contributed by atoms with Gasteiger partial charge in [-0.3, -0.25) is 9.59 Å². The number of cyclic esters (lactones) is 1. The van der Waals surface area contributed by atoms with Crippen molar-refractivity contribution in [3.05, 3.63) is 47.8 Å². The minimum Gasteiger partial charge on any atom is -0.462 e. The van der Waals surface area contributed by atoms with E-state index in [0.29, 0.717) is 18.4 Å². The molecule has 6 nitrogen and oxygen atoms in total. The van der Waals surface area contributed by atoms with Crippen LogP contribution >= 0.6 is 0 Å². The molecule has 0 aliphatic carbocycles. The van der Waals surface area contributed by atoms with Crippen LogP contribution in [0.5, 0.6) is 0 Å². The van der Waals surface area contributed by atoms with Crippen molar-refractivity contribution in [1.29, 1.82) is 0 Å². The van der Waals surface area contributed by atoms with Crippen LogP contribution in [0.2, 0.25) is 0 Å². The molecule has 0 radical (unpaired) electrons. The highest BCUT2D eigenvalue weighted by Gasteiger charge is 2.23. The third-order valence-corrected chi connectivity index (χ3v) is 3.74. The fourth-order valence-electron chi connectivity index (χ4n) is 2.47. The molecule has 134 valence electrons. The van der Waals surface area contributed by atoms with E-state index in [9.17, 15) is 18.8 Å². The molecule has 1 aromatic rings. The highest BCUT2D eigenvalue weighted by molar-refractivity contribution is 5.83. The molecule has 25 heavy (non-hydrogen) atoms. The fraction of sp³-hybridized carbons (Fsp3) is 0.389. The molecule has 7 heteroatoms. The van der Waals surface area contributed by atoms with Crippen molar-refractivity contribution < 1.29 is 23.5 Å². The van der Waals surface area contributed by atoms with E-state index in [2.05, 4.69) is 10.6 Å². The molecule has 1 aromatic carbocycles. The maximum Gasteiger partial charge on any atom is 0.329 e. The number of carbonyl (C=O) groups is 3. The number of rotatable bonds is 2. The van der Waals surface area contributed by atoms with Crippen LogP contribution in [0.3, 0.4) is 0 Å². The molecule has 2 N–H and O–H groups in total. The average molecular weight is 348 g/mol. The van der Waals surface area contributed by atoms with Gasteiger partial charge in [-0.15, -0.1) is 0 Å². The van der Waals surface area contributed by atoms with Gasteiger partial charge in [0, 0.05) is 13.3 Å². The fourth-order valence-corrected chi connectivity index (χ4v) is 2.47. The van der Waals surface area contributed by atoms with Gasteiger partial charge >= 0.3 is 5.97 Å². The van der Waals surface area contributed by atoms with Crippen molar-refractivity contribution >= 4 is 17.8 Å². The van der Waals surface area contributed by atoms with E-state index < -0.39 is 23.9 Å². The van der Waals surface area contributed by atoms with Crippen LogP contribution in [-0.2, 0) is 19.1 Å². The SMILES string of the molecule is CC(=O)N[C@@H]1C/C=C\CCC(=O)N[C@H](c2ccc(F)cc2)COC1=O. The molecule has 0 saturated heterocycles.